The van der Waals surface area contributed by atoms with Crippen LogP contribution in [0.2, 0.25) is 0 Å². The van der Waals surface area contributed by atoms with Gasteiger partial charge >= 0.3 is 12.1 Å². The van der Waals surface area contributed by atoms with E-state index in [-0.39, 0.29) is 18.8 Å². The van der Waals surface area contributed by atoms with Crippen molar-refractivity contribution in [3.63, 3.8) is 0 Å². The van der Waals surface area contributed by atoms with Gasteiger partial charge in [-0.1, -0.05) is 25.5 Å². The van der Waals surface area contributed by atoms with Crippen LogP contribution in [0.5, 0.6) is 0 Å². The molecule has 3 amide bonds. The molecule has 0 atom stereocenters. The molecule has 29 heavy (non-hydrogen) atoms. The van der Waals surface area contributed by atoms with Gasteiger partial charge in [-0.3, -0.25) is 9.80 Å². The zero-order chi connectivity index (χ0) is 21.0. The van der Waals surface area contributed by atoms with Crippen LogP contribution in [0.15, 0.2) is 36.4 Å². The fourth-order valence-electron chi connectivity index (χ4n) is 2.96. The lowest BCUT2D eigenvalue weighted by atomic mass is 10.2. The molecule has 2 aromatic carbocycles. The molecule has 0 bridgehead atoms. The minimum atomic E-state index is -1.61. The first kappa shape index (κ1) is 20.5. The van der Waals surface area contributed by atoms with Gasteiger partial charge in [-0.2, -0.15) is 0 Å². The van der Waals surface area contributed by atoms with Gasteiger partial charge in [0.1, 0.15) is 0 Å². The molecule has 0 saturated carbocycles. The van der Waals surface area contributed by atoms with Gasteiger partial charge in [0.2, 0.25) is 0 Å². The molecule has 0 aromatic heterocycles. The van der Waals surface area contributed by atoms with Crippen LogP contribution >= 0.6 is 0 Å². The number of anilines is 3. The smallest absolute Gasteiger partial charge is 0.414 e. The number of nitrogens with one attached hydrogen (secondary N) is 1. The van der Waals surface area contributed by atoms with Crippen molar-refractivity contribution in [2.45, 2.75) is 19.8 Å². The Morgan fingerprint density at radius 1 is 1.03 bits per heavy atom. The maximum atomic E-state index is 13.4. The van der Waals surface area contributed by atoms with Crippen molar-refractivity contribution >= 4 is 29.2 Å². The van der Waals surface area contributed by atoms with E-state index in [1.165, 1.54) is 9.80 Å². The lowest BCUT2D eigenvalue weighted by Crippen LogP contribution is -2.48. The van der Waals surface area contributed by atoms with Crippen LogP contribution in [-0.4, -0.2) is 31.8 Å². The van der Waals surface area contributed by atoms with Crippen molar-refractivity contribution in [1.82, 2.24) is 0 Å². The van der Waals surface area contributed by atoms with Crippen LogP contribution in [0.25, 0.3) is 0 Å². The minimum absolute atomic E-state index is 0.137. The lowest BCUT2D eigenvalue weighted by Gasteiger charge is -2.35. The number of hydrogen-bond acceptors (Lipinski definition) is 3. The molecule has 1 N–H and O–H groups in total. The molecular weight excluding hydrogens is 387 g/mol. The second-order valence-corrected chi connectivity index (χ2v) is 6.44. The molecule has 9 heteroatoms. The quantitative estimate of drug-likeness (QED) is 0.579. The first-order valence-electron chi connectivity index (χ1n) is 9.18. The molecule has 0 unspecified atom stereocenters. The number of nitrogens with zero attached hydrogens (tertiary/aromatic N) is 2. The van der Waals surface area contributed by atoms with Gasteiger partial charge in [-0.25, -0.2) is 22.8 Å². The maximum Gasteiger partial charge on any atom is 0.414 e. The Hall–Kier alpha value is -3.23. The van der Waals surface area contributed by atoms with Crippen molar-refractivity contribution in [3.05, 3.63) is 53.8 Å². The van der Waals surface area contributed by atoms with E-state index in [9.17, 15) is 22.8 Å². The van der Waals surface area contributed by atoms with Gasteiger partial charge in [0, 0.05) is 30.9 Å². The second-order valence-electron chi connectivity index (χ2n) is 6.44. The van der Waals surface area contributed by atoms with Crippen molar-refractivity contribution in [2.75, 3.05) is 34.8 Å². The summed E-state index contributed by atoms with van der Waals surface area (Å²) in [7, 11) is 0. The number of hydrogen-bond donors (Lipinski definition) is 1. The summed E-state index contributed by atoms with van der Waals surface area (Å²) in [6, 6.07) is 7.47. The third-order valence-electron chi connectivity index (χ3n) is 4.43. The number of urea groups is 1. The number of carbonyl (C=O) groups is 2. The van der Waals surface area contributed by atoms with Crippen LogP contribution in [0.1, 0.15) is 19.8 Å². The SMILES string of the molecule is CCCCOC(=O)N1CCN(C(=O)Nc2cc(F)c(F)c(F)c2)c2ccccc21. The minimum Gasteiger partial charge on any atom is -0.449 e. The standard InChI is InChI=1S/C20H20F3N3O3/c1-2-3-10-29-20(28)26-9-8-25(16-6-4-5-7-17(16)26)19(27)24-13-11-14(21)18(23)15(22)12-13/h4-7,11-12H,2-3,8-10H2,1H3,(H,24,27). The number of rotatable bonds is 4. The average molecular weight is 407 g/mol. The average Bonchev–Trinajstić information content (AvgIpc) is 2.71. The summed E-state index contributed by atoms with van der Waals surface area (Å²) in [5, 5.41) is 2.35. The van der Waals surface area contributed by atoms with E-state index in [4.69, 9.17) is 4.74 Å². The van der Waals surface area contributed by atoms with E-state index in [1.807, 2.05) is 6.92 Å². The van der Waals surface area contributed by atoms with Gasteiger partial charge in [0.25, 0.3) is 0 Å². The van der Waals surface area contributed by atoms with Gasteiger partial charge in [-0.15, -0.1) is 0 Å². The first-order valence-corrected chi connectivity index (χ1v) is 9.18. The Morgan fingerprint density at radius 3 is 2.24 bits per heavy atom. The van der Waals surface area contributed by atoms with Crippen molar-refractivity contribution in [1.29, 1.82) is 0 Å². The number of amides is 3. The third kappa shape index (κ3) is 4.44. The van der Waals surface area contributed by atoms with Crippen LogP contribution in [0.4, 0.5) is 39.8 Å². The Labute approximate surface area is 165 Å². The monoisotopic (exact) mass is 407 g/mol. The largest absolute Gasteiger partial charge is 0.449 e. The van der Waals surface area contributed by atoms with E-state index in [0.717, 1.165) is 12.8 Å². The molecule has 1 aliphatic heterocycles. The number of unbranched alkanes of at least 4 members (excludes halogenated alkanes) is 1. The third-order valence-corrected chi connectivity index (χ3v) is 4.43. The molecule has 1 aliphatic rings. The molecule has 0 radical (unpaired) electrons. The normalized spacial score (nSPS) is 13.1. The summed E-state index contributed by atoms with van der Waals surface area (Å²) < 4.78 is 45.2. The Morgan fingerprint density at radius 2 is 1.62 bits per heavy atom. The molecule has 0 spiro atoms. The zero-order valence-electron chi connectivity index (χ0n) is 15.8. The number of fused-ring (bicyclic) bond motifs is 1. The highest BCUT2D eigenvalue weighted by Gasteiger charge is 2.30. The molecule has 0 aliphatic carbocycles. The van der Waals surface area contributed by atoms with Gasteiger partial charge in [0.05, 0.1) is 18.0 Å². The first-order chi connectivity index (χ1) is 13.9. The molecule has 3 rings (SSSR count). The van der Waals surface area contributed by atoms with Crippen LogP contribution in [-0.2, 0) is 4.74 Å². The maximum absolute atomic E-state index is 13.4. The number of halogens is 3. The van der Waals surface area contributed by atoms with Gasteiger partial charge in [-0.05, 0) is 18.6 Å². The lowest BCUT2D eigenvalue weighted by molar-refractivity contribution is 0.152. The Bertz CT molecular complexity index is 900. The van der Waals surface area contributed by atoms with Crippen LogP contribution in [0.3, 0.4) is 0 Å². The van der Waals surface area contributed by atoms with Crippen LogP contribution in [0, 0.1) is 17.5 Å². The fraction of sp³-hybridized carbons (Fsp3) is 0.300. The summed E-state index contributed by atoms with van der Waals surface area (Å²) in [6.07, 6.45) is 1.14. The van der Waals surface area contributed by atoms with E-state index in [1.54, 1.807) is 24.3 Å². The fourth-order valence-corrected chi connectivity index (χ4v) is 2.96. The van der Waals surface area contributed by atoms with E-state index in [0.29, 0.717) is 30.1 Å². The van der Waals surface area contributed by atoms with Crippen molar-refractivity contribution < 1.29 is 27.5 Å². The number of para-hydroxylation sites is 2. The highest BCUT2D eigenvalue weighted by Crippen LogP contribution is 2.33. The highest BCUT2D eigenvalue weighted by atomic mass is 19.2. The number of ether oxygens (including phenoxy) is 1. The zero-order valence-corrected chi connectivity index (χ0v) is 15.8. The van der Waals surface area contributed by atoms with E-state index in [2.05, 4.69) is 5.32 Å². The molecule has 2 aromatic rings. The van der Waals surface area contributed by atoms with Crippen molar-refractivity contribution in [2.24, 2.45) is 0 Å². The summed E-state index contributed by atoms with van der Waals surface area (Å²) in [4.78, 5) is 27.8. The molecule has 154 valence electrons. The van der Waals surface area contributed by atoms with Gasteiger partial charge < -0.3 is 10.1 Å². The van der Waals surface area contributed by atoms with E-state index >= 15 is 0 Å². The summed E-state index contributed by atoms with van der Waals surface area (Å²) in [5.74, 6) is -4.41. The molecule has 0 fully saturated rings. The Balaban J connectivity index is 1.79. The second kappa shape index (κ2) is 8.85. The predicted molar refractivity (Wildman–Crippen MR) is 103 cm³/mol. The summed E-state index contributed by atoms with van der Waals surface area (Å²) in [6.45, 7) is 2.61. The van der Waals surface area contributed by atoms with E-state index < -0.39 is 29.6 Å². The van der Waals surface area contributed by atoms with Gasteiger partial charge in [0.15, 0.2) is 17.5 Å². The summed E-state index contributed by atoms with van der Waals surface area (Å²) in [5.41, 5.74) is 0.698. The Kier molecular flexibility index (Phi) is 6.26. The van der Waals surface area contributed by atoms with Crippen molar-refractivity contribution in [3.8, 4) is 0 Å². The highest BCUT2D eigenvalue weighted by molar-refractivity contribution is 6.06. The molecule has 0 saturated heterocycles. The number of benzene rings is 2. The molecule has 6 nitrogen and oxygen atoms in total. The summed E-state index contributed by atoms with van der Waals surface area (Å²) >= 11 is 0. The topological polar surface area (TPSA) is 61.9 Å². The van der Waals surface area contributed by atoms with Crippen LogP contribution < -0.4 is 15.1 Å². The predicted octanol–water partition coefficient (Wildman–Crippen LogP) is 4.90. The molecular formula is C20H20F3N3O3. The molecule has 1 heterocycles. The number of carbonyl (C=O) groups excluding carboxylic acids is 2.